The molecule has 0 saturated carbocycles. The van der Waals surface area contributed by atoms with Crippen LogP contribution >= 0.6 is 0 Å². The van der Waals surface area contributed by atoms with Crippen LogP contribution in [0.25, 0.3) is 11.4 Å². The lowest BCUT2D eigenvalue weighted by Crippen LogP contribution is -2.36. The Bertz CT molecular complexity index is 877. The number of hydrogen-bond acceptors (Lipinski definition) is 6. The van der Waals surface area contributed by atoms with E-state index < -0.39 is 5.60 Å². The molecule has 2 aliphatic rings. The van der Waals surface area contributed by atoms with Gasteiger partial charge in [0.05, 0.1) is 6.54 Å². The number of rotatable bonds is 3. The molecular weight excluding hydrogens is 360 g/mol. The summed E-state index contributed by atoms with van der Waals surface area (Å²) in [5, 5.41) is 6.73. The Kier molecular flexibility index (Phi) is 4.78. The van der Waals surface area contributed by atoms with Gasteiger partial charge in [-0.15, -0.1) is 0 Å². The molecule has 2 saturated heterocycles. The van der Waals surface area contributed by atoms with Crippen molar-refractivity contribution in [1.82, 2.24) is 20.4 Å². The van der Waals surface area contributed by atoms with E-state index >= 15 is 0 Å². The van der Waals surface area contributed by atoms with Gasteiger partial charge in [0.15, 0.2) is 0 Å². The van der Waals surface area contributed by atoms with Crippen molar-refractivity contribution in [3.05, 3.63) is 35.7 Å². The lowest BCUT2D eigenvalue weighted by Gasteiger charge is -2.25. The fourth-order valence-corrected chi connectivity index (χ4v) is 3.68. The second-order valence-electron chi connectivity index (χ2n) is 7.76. The fraction of sp³-hybridized carbons (Fsp3) is 0.500. The number of nitrogens with one attached hydrogen (secondary N) is 1. The number of ether oxygens (including phenoxy) is 1. The first kappa shape index (κ1) is 18.5. The predicted molar refractivity (Wildman–Crippen MR) is 101 cm³/mol. The van der Waals surface area contributed by atoms with Crippen LogP contribution < -0.4 is 5.32 Å². The summed E-state index contributed by atoms with van der Waals surface area (Å²) in [6.45, 7) is 5.73. The van der Waals surface area contributed by atoms with E-state index in [4.69, 9.17) is 9.26 Å². The van der Waals surface area contributed by atoms with E-state index in [9.17, 15) is 9.59 Å². The lowest BCUT2D eigenvalue weighted by atomic mass is 9.95. The van der Waals surface area contributed by atoms with Crippen molar-refractivity contribution < 1.29 is 18.8 Å². The van der Waals surface area contributed by atoms with Crippen molar-refractivity contribution in [3.8, 4) is 11.4 Å². The molecule has 1 aromatic heterocycles. The van der Waals surface area contributed by atoms with Gasteiger partial charge in [-0.2, -0.15) is 4.98 Å². The molecule has 148 valence electrons. The number of benzene rings is 1. The Morgan fingerprint density at radius 2 is 2.00 bits per heavy atom. The number of carbonyl (C=O) groups is 2. The van der Waals surface area contributed by atoms with Crippen LogP contribution in [0, 0.1) is 0 Å². The molecule has 8 heteroatoms. The zero-order chi connectivity index (χ0) is 19.7. The van der Waals surface area contributed by atoms with Crippen LogP contribution in [0.3, 0.4) is 0 Å². The molecule has 0 unspecified atom stereocenters. The molecule has 0 radical (unpaired) electrons. The molecule has 28 heavy (non-hydrogen) atoms. The molecule has 8 nitrogen and oxygen atoms in total. The number of carbonyl (C=O) groups excluding carboxylic acids is 2. The minimum Gasteiger partial charge on any atom is -0.441 e. The number of aromatic nitrogens is 2. The van der Waals surface area contributed by atoms with E-state index in [2.05, 4.69) is 15.5 Å². The summed E-state index contributed by atoms with van der Waals surface area (Å²) in [6, 6.07) is 7.26. The first-order valence-electron chi connectivity index (χ1n) is 9.66. The van der Waals surface area contributed by atoms with Crippen LogP contribution in [0.4, 0.5) is 4.79 Å². The van der Waals surface area contributed by atoms with Gasteiger partial charge in [-0.05, 0) is 25.0 Å². The second kappa shape index (κ2) is 7.26. The van der Waals surface area contributed by atoms with Crippen molar-refractivity contribution in [3.63, 3.8) is 0 Å². The van der Waals surface area contributed by atoms with E-state index in [0.29, 0.717) is 43.3 Å². The van der Waals surface area contributed by atoms with Crippen LogP contribution in [0.5, 0.6) is 0 Å². The summed E-state index contributed by atoms with van der Waals surface area (Å²) in [5.74, 6) is 1.27. The molecule has 4 rings (SSSR count). The first-order valence-corrected chi connectivity index (χ1v) is 9.66. The van der Waals surface area contributed by atoms with Gasteiger partial charge in [0.1, 0.15) is 5.60 Å². The van der Waals surface area contributed by atoms with E-state index in [1.165, 1.54) is 0 Å². The molecule has 0 bridgehead atoms. The van der Waals surface area contributed by atoms with Crippen LogP contribution in [0.1, 0.15) is 55.3 Å². The average molecular weight is 384 g/mol. The summed E-state index contributed by atoms with van der Waals surface area (Å²) in [4.78, 5) is 30.6. The summed E-state index contributed by atoms with van der Waals surface area (Å²) in [6.07, 6.45) is 1.86. The van der Waals surface area contributed by atoms with Crippen LogP contribution in [0.15, 0.2) is 28.8 Å². The lowest BCUT2D eigenvalue weighted by molar-refractivity contribution is 0.0438. The van der Waals surface area contributed by atoms with E-state index in [1.807, 2.05) is 30.9 Å². The Labute approximate surface area is 163 Å². The van der Waals surface area contributed by atoms with Crippen molar-refractivity contribution in [2.24, 2.45) is 0 Å². The van der Waals surface area contributed by atoms with E-state index in [-0.39, 0.29) is 17.9 Å². The van der Waals surface area contributed by atoms with Gasteiger partial charge in [0.2, 0.25) is 11.7 Å². The smallest absolute Gasteiger partial charge is 0.407 e. The third kappa shape index (κ3) is 3.58. The number of nitrogens with zero attached hydrogens (tertiary/aromatic N) is 3. The Morgan fingerprint density at radius 1 is 1.21 bits per heavy atom. The third-order valence-electron chi connectivity index (χ3n) is 5.37. The van der Waals surface area contributed by atoms with Gasteiger partial charge in [-0.1, -0.05) is 31.1 Å². The average Bonchev–Trinajstić information content (AvgIpc) is 3.26. The highest BCUT2D eigenvalue weighted by molar-refractivity contribution is 5.94. The van der Waals surface area contributed by atoms with Crippen LogP contribution in [-0.4, -0.2) is 52.3 Å². The molecule has 1 aromatic carbocycles. The normalized spacial score (nSPS) is 22.2. The molecule has 2 amide bonds. The maximum Gasteiger partial charge on any atom is 0.407 e. The minimum atomic E-state index is -0.470. The zero-order valence-electron chi connectivity index (χ0n) is 16.1. The molecule has 0 aliphatic carbocycles. The molecule has 1 atom stereocenters. The van der Waals surface area contributed by atoms with Crippen molar-refractivity contribution in [1.29, 1.82) is 0 Å². The predicted octanol–water partition coefficient (Wildman–Crippen LogP) is 2.96. The van der Waals surface area contributed by atoms with Crippen molar-refractivity contribution in [2.75, 3.05) is 19.6 Å². The van der Waals surface area contributed by atoms with E-state index in [1.54, 1.807) is 12.1 Å². The summed E-state index contributed by atoms with van der Waals surface area (Å²) >= 11 is 0. The molecule has 3 heterocycles. The van der Waals surface area contributed by atoms with E-state index in [0.717, 1.165) is 18.4 Å². The summed E-state index contributed by atoms with van der Waals surface area (Å²) in [7, 11) is 0. The van der Waals surface area contributed by atoms with Gasteiger partial charge in [0, 0.05) is 36.6 Å². The molecule has 2 aromatic rings. The minimum absolute atomic E-state index is 0.0168. The fourth-order valence-electron chi connectivity index (χ4n) is 3.68. The third-order valence-corrected chi connectivity index (χ3v) is 5.37. The number of alkyl carbamates (subject to hydrolysis) is 1. The standard InChI is InChI=1S/C20H24N4O4/c1-13(2)17-22-16(23-28-17)14-4-6-15(7-5-14)18(25)24-10-3-8-20(9-11-24)12-21-19(26)27-20/h4-7,13H,3,8-12H2,1-2H3,(H,21,26)/t20-/m0/s1. The van der Waals surface area contributed by atoms with Gasteiger partial charge in [-0.3, -0.25) is 4.79 Å². The quantitative estimate of drug-likeness (QED) is 0.874. The Morgan fingerprint density at radius 3 is 2.64 bits per heavy atom. The van der Waals surface area contributed by atoms with Gasteiger partial charge < -0.3 is 19.5 Å². The number of hydrogen-bond donors (Lipinski definition) is 1. The van der Waals surface area contributed by atoms with Crippen LogP contribution in [-0.2, 0) is 4.74 Å². The highest BCUT2D eigenvalue weighted by Crippen LogP contribution is 2.30. The maximum absolute atomic E-state index is 12.9. The highest BCUT2D eigenvalue weighted by atomic mass is 16.6. The van der Waals surface area contributed by atoms with Gasteiger partial charge in [-0.25, -0.2) is 4.79 Å². The van der Waals surface area contributed by atoms with Gasteiger partial charge in [0.25, 0.3) is 5.91 Å². The molecular formula is C20H24N4O4. The van der Waals surface area contributed by atoms with Crippen LogP contribution in [0.2, 0.25) is 0 Å². The maximum atomic E-state index is 12.9. The summed E-state index contributed by atoms with van der Waals surface area (Å²) < 4.78 is 10.7. The number of likely N-dealkylation sites (tertiary alicyclic amines) is 1. The SMILES string of the molecule is CC(C)c1nc(-c2ccc(C(=O)N3CCC[C@]4(CC3)CNC(=O)O4)cc2)no1. The molecule has 1 spiro atoms. The first-order chi connectivity index (χ1) is 13.5. The second-order valence-corrected chi connectivity index (χ2v) is 7.76. The molecule has 2 aliphatic heterocycles. The summed E-state index contributed by atoms with van der Waals surface area (Å²) in [5.41, 5.74) is 0.961. The number of amides is 2. The monoisotopic (exact) mass is 384 g/mol. The zero-order valence-corrected chi connectivity index (χ0v) is 16.1. The Balaban J connectivity index is 1.44. The Hall–Kier alpha value is -2.90. The van der Waals surface area contributed by atoms with Gasteiger partial charge >= 0.3 is 6.09 Å². The topological polar surface area (TPSA) is 97.6 Å². The van der Waals surface area contributed by atoms with Crippen molar-refractivity contribution in [2.45, 2.75) is 44.6 Å². The molecule has 1 N–H and O–H groups in total. The highest BCUT2D eigenvalue weighted by Gasteiger charge is 2.41. The van der Waals surface area contributed by atoms with Crippen molar-refractivity contribution >= 4 is 12.0 Å². The largest absolute Gasteiger partial charge is 0.441 e. The molecule has 2 fully saturated rings.